The summed E-state index contributed by atoms with van der Waals surface area (Å²) in [6.45, 7) is 5.98. The standard InChI is InChI=1S/C23H31N3S2.O.Tc/c1-23(2,28)17-25-22-12-9-19(15-20(22)16-24-13-14-27)6-5-18-7-10-21(11-8-18)26(3)4;;/h5-12,15,27-28H,13-14,16-17H2,1-4H3;;/q-2;;+4/p-2/b6-5+;;. The molecule has 0 aromatic heterocycles. The van der Waals surface area contributed by atoms with Crippen molar-refractivity contribution in [3.63, 3.8) is 0 Å². The third-order valence-electron chi connectivity index (χ3n) is 4.14. The van der Waals surface area contributed by atoms with E-state index in [-0.39, 0.29) is 4.75 Å². The fourth-order valence-corrected chi connectivity index (χ4v) is 2.80. The van der Waals surface area contributed by atoms with Crippen molar-refractivity contribution in [1.29, 1.82) is 0 Å². The van der Waals surface area contributed by atoms with Gasteiger partial charge in [0.05, 0.1) is 0 Å². The van der Waals surface area contributed by atoms with Crippen LogP contribution in [0.3, 0.4) is 0 Å². The van der Waals surface area contributed by atoms with E-state index in [0.717, 1.165) is 35.7 Å². The Morgan fingerprint density at radius 1 is 1.03 bits per heavy atom. The number of hydrogen-bond donors (Lipinski definition) is 0. The van der Waals surface area contributed by atoms with Crippen molar-refractivity contribution in [2.75, 3.05) is 37.8 Å². The van der Waals surface area contributed by atoms with Crippen molar-refractivity contribution in [3.05, 3.63) is 69.8 Å². The fourth-order valence-electron chi connectivity index (χ4n) is 2.61. The zero-order chi connectivity index (χ0) is 22.6. The van der Waals surface area contributed by atoms with Crippen molar-refractivity contribution < 1.29 is 22.4 Å². The van der Waals surface area contributed by atoms with E-state index in [4.69, 9.17) is 34.1 Å². The normalized spacial score (nSPS) is 11.2. The second-order valence-electron chi connectivity index (χ2n) is 7.59. The van der Waals surface area contributed by atoms with Gasteiger partial charge in [0.2, 0.25) is 0 Å². The monoisotopic (exact) mass is 524 g/mol. The molecule has 0 atom stereocenters. The van der Waals surface area contributed by atoms with Gasteiger partial charge < -0.3 is 40.8 Å². The Hall–Kier alpha value is -1.11. The third kappa shape index (κ3) is 10.3. The van der Waals surface area contributed by atoms with Crippen LogP contribution in [-0.4, -0.2) is 37.7 Å². The molecule has 0 N–H and O–H groups in total. The molecule has 0 aliphatic rings. The zero-order valence-electron chi connectivity index (χ0n) is 18.0. The Bertz CT molecular complexity index is 790. The zero-order valence-corrected chi connectivity index (χ0v) is 21.5. The van der Waals surface area contributed by atoms with Gasteiger partial charge in [0.15, 0.2) is 0 Å². The van der Waals surface area contributed by atoms with Gasteiger partial charge in [0.25, 0.3) is 0 Å². The minimum absolute atomic E-state index is 0.244. The quantitative estimate of drug-likeness (QED) is 0.232. The molecule has 0 saturated carbocycles. The van der Waals surface area contributed by atoms with Gasteiger partial charge in [-0.15, -0.1) is 18.8 Å². The average molecular weight is 526 g/mol. The Labute approximate surface area is 203 Å². The van der Waals surface area contributed by atoms with E-state index in [1.165, 1.54) is 11.3 Å². The van der Waals surface area contributed by atoms with Crippen LogP contribution in [-0.2, 0) is 54.2 Å². The Kier molecular flexibility index (Phi) is 12.6. The molecule has 0 unspecified atom stereocenters. The summed E-state index contributed by atoms with van der Waals surface area (Å²) >= 11 is 11.3. The summed E-state index contributed by atoms with van der Waals surface area (Å²) in [7, 11) is 4.09. The molecule has 2 aromatic rings. The summed E-state index contributed by atoms with van der Waals surface area (Å²) in [4.78, 5) is 2.10. The molecule has 2 rings (SSSR count). The molecular formula is C23H29N3OS2Tc. The van der Waals surface area contributed by atoms with Crippen LogP contribution in [0.5, 0.6) is 0 Å². The Morgan fingerprint density at radius 3 is 2.20 bits per heavy atom. The van der Waals surface area contributed by atoms with Crippen molar-refractivity contribution >= 4 is 48.8 Å². The molecule has 0 fully saturated rings. The first-order chi connectivity index (χ1) is 14.3. The molecule has 4 nitrogen and oxygen atoms in total. The van der Waals surface area contributed by atoms with Crippen molar-refractivity contribution in [2.24, 2.45) is 0 Å². The minimum atomic E-state index is -0.244. The molecule has 0 heterocycles. The number of anilines is 1. The summed E-state index contributed by atoms with van der Waals surface area (Å²) in [6, 6.07) is 14.8. The van der Waals surface area contributed by atoms with Gasteiger partial charge in [0.1, 0.15) is 0 Å². The maximum atomic E-state index is 8.22. The van der Waals surface area contributed by atoms with Crippen molar-refractivity contribution in [2.45, 2.75) is 25.1 Å². The predicted molar refractivity (Wildman–Crippen MR) is 130 cm³/mol. The first-order valence-electron chi connectivity index (χ1n) is 9.61. The second kappa shape index (κ2) is 14.0. The van der Waals surface area contributed by atoms with E-state index >= 15 is 0 Å². The van der Waals surface area contributed by atoms with Crippen LogP contribution in [0, 0.1) is 0 Å². The Balaban J connectivity index is 0.00000218. The third-order valence-corrected chi connectivity index (χ3v) is 4.45. The molecule has 0 amide bonds. The van der Waals surface area contributed by atoms with Gasteiger partial charge in [-0.2, -0.15) is 17.0 Å². The molecule has 0 aliphatic carbocycles. The van der Waals surface area contributed by atoms with E-state index in [1.807, 2.05) is 27.9 Å². The summed E-state index contributed by atoms with van der Waals surface area (Å²) in [5.41, 5.74) is 5.59. The molecular weight excluding hydrogens is 496 g/mol. The van der Waals surface area contributed by atoms with Crippen LogP contribution in [0.15, 0.2) is 42.5 Å². The second-order valence-corrected chi connectivity index (χ2v) is 9.11. The van der Waals surface area contributed by atoms with Gasteiger partial charge in [-0.25, -0.2) is 0 Å². The van der Waals surface area contributed by atoms with Crippen LogP contribution in [0.25, 0.3) is 22.8 Å². The fraction of sp³-hybridized carbons (Fsp3) is 0.391. The molecule has 161 valence electrons. The van der Waals surface area contributed by atoms with Gasteiger partial charge in [0, 0.05) is 19.8 Å². The summed E-state index contributed by atoms with van der Waals surface area (Å²) in [6.07, 6.45) is 4.25. The topological polar surface area (TPSA) is 48.5 Å². The number of hydrogen-bond acceptors (Lipinski definition) is 4. The molecule has 0 spiro atoms. The summed E-state index contributed by atoms with van der Waals surface area (Å²) < 4.78 is 7.98. The SMILES string of the molecule is CN(C)c1ccc(/C=C/c2ccc([N-]CC(C)(C)[S-])c(C[N-]CC[S-])c2)cc1.[O]=[Tc+4]. The van der Waals surface area contributed by atoms with E-state index in [1.54, 1.807) is 0 Å². The van der Waals surface area contributed by atoms with Crippen molar-refractivity contribution in [3.8, 4) is 0 Å². The van der Waals surface area contributed by atoms with E-state index in [9.17, 15) is 0 Å². The van der Waals surface area contributed by atoms with Crippen LogP contribution in [0.4, 0.5) is 11.4 Å². The molecule has 0 aliphatic heterocycles. The van der Waals surface area contributed by atoms with E-state index in [0.29, 0.717) is 25.4 Å². The van der Waals surface area contributed by atoms with Crippen LogP contribution < -0.4 is 4.90 Å². The van der Waals surface area contributed by atoms with Gasteiger partial charge in [-0.1, -0.05) is 61.9 Å². The van der Waals surface area contributed by atoms with E-state index in [2.05, 4.69) is 64.8 Å². The number of benzene rings is 2. The molecule has 0 bridgehead atoms. The van der Waals surface area contributed by atoms with Crippen LogP contribution >= 0.6 is 0 Å². The van der Waals surface area contributed by atoms with E-state index < -0.39 is 0 Å². The van der Waals surface area contributed by atoms with Gasteiger partial charge >= 0.3 is 22.4 Å². The van der Waals surface area contributed by atoms with Crippen molar-refractivity contribution in [1.82, 2.24) is 0 Å². The predicted octanol–water partition coefficient (Wildman–Crippen LogP) is 5.55. The van der Waals surface area contributed by atoms with Crippen LogP contribution in [0.2, 0.25) is 0 Å². The van der Waals surface area contributed by atoms with Gasteiger partial charge in [-0.3, -0.25) is 0 Å². The molecule has 7 heteroatoms. The first kappa shape index (κ1) is 26.9. The summed E-state index contributed by atoms with van der Waals surface area (Å²) in [5, 5.41) is 9.25. The number of rotatable bonds is 10. The molecule has 0 saturated heterocycles. The summed E-state index contributed by atoms with van der Waals surface area (Å²) in [5.74, 6) is 0.647. The Morgan fingerprint density at radius 2 is 1.63 bits per heavy atom. The molecule has 0 radical (unpaired) electrons. The maximum absolute atomic E-state index is 8.22. The van der Waals surface area contributed by atoms with Gasteiger partial charge in [-0.05, 0) is 23.3 Å². The number of nitrogens with zero attached hydrogens (tertiary/aromatic N) is 3. The first-order valence-corrected chi connectivity index (χ1v) is 11.4. The molecule has 2 aromatic carbocycles. The molecule has 30 heavy (non-hydrogen) atoms. The van der Waals surface area contributed by atoms with Crippen LogP contribution in [0.1, 0.15) is 30.5 Å². The average Bonchev–Trinajstić information content (AvgIpc) is 2.73.